The molecular formula is C35H21N4OPt-. The summed E-state index contributed by atoms with van der Waals surface area (Å²) in [6, 6.07) is 42.0. The Morgan fingerprint density at radius 1 is 0.634 bits per heavy atom. The van der Waals surface area contributed by atoms with E-state index >= 15 is 0 Å². The van der Waals surface area contributed by atoms with Crippen molar-refractivity contribution in [1.29, 1.82) is 0 Å². The summed E-state index contributed by atoms with van der Waals surface area (Å²) in [6.07, 6.45) is 1.79. The van der Waals surface area contributed by atoms with Crippen LogP contribution in [0.2, 0.25) is 0 Å². The number of rotatable bonds is 3. The van der Waals surface area contributed by atoms with Crippen LogP contribution in [0.5, 0.6) is 5.75 Å². The Bertz CT molecular complexity index is 2250. The Labute approximate surface area is 250 Å². The van der Waals surface area contributed by atoms with E-state index in [0.29, 0.717) is 11.3 Å². The number of hydrogen-bond donors (Lipinski definition) is 1. The zero-order chi connectivity index (χ0) is 26.6. The van der Waals surface area contributed by atoms with Gasteiger partial charge in [0.25, 0.3) is 0 Å². The summed E-state index contributed by atoms with van der Waals surface area (Å²) in [5.41, 5.74) is 4.97. The molecule has 0 saturated carbocycles. The van der Waals surface area contributed by atoms with Crippen LogP contribution in [0.3, 0.4) is 0 Å². The predicted molar refractivity (Wildman–Crippen MR) is 161 cm³/mol. The van der Waals surface area contributed by atoms with E-state index in [1.807, 2.05) is 72.8 Å². The number of benzene rings is 5. The average Bonchev–Trinajstić information content (AvgIpc) is 3.34. The molecule has 5 nitrogen and oxygen atoms in total. The van der Waals surface area contributed by atoms with Gasteiger partial charge in [-0.1, -0.05) is 84.2 Å². The third-order valence-electron chi connectivity index (χ3n) is 7.51. The molecule has 0 aliphatic rings. The number of phenols is 1. The Hall–Kier alpha value is -4.86. The van der Waals surface area contributed by atoms with Crippen molar-refractivity contribution in [2.75, 3.05) is 0 Å². The van der Waals surface area contributed by atoms with Crippen molar-refractivity contribution in [3.63, 3.8) is 0 Å². The van der Waals surface area contributed by atoms with Gasteiger partial charge in [-0.15, -0.1) is 28.9 Å². The van der Waals surface area contributed by atoms with Gasteiger partial charge in [0.1, 0.15) is 5.75 Å². The Morgan fingerprint density at radius 2 is 1.34 bits per heavy atom. The molecule has 198 valence electrons. The number of nitrogens with zero attached hydrogens (tertiary/aromatic N) is 4. The van der Waals surface area contributed by atoms with E-state index in [9.17, 15) is 5.11 Å². The van der Waals surface area contributed by atoms with Crippen LogP contribution < -0.4 is 0 Å². The molecule has 0 aliphatic heterocycles. The third-order valence-corrected chi connectivity index (χ3v) is 7.51. The molecule has 0 unspecified atom stereocenters. The monoisotopic (exact) mass is 708 g/mol. The molecule has 6 heteroatoms. The third kappa shape index (κ3) is 4.09. The van der Waals surface area contributed by atoms with Crippen LogP contribution in [-0.2, 0) is 21.1 Å². The number of phenolic OH excluding ortho intramolecular Hbond substituents is 1. The first kappa shape index (κ1) is 25.1. The van der Waals surface area contributed by atoms with Crippen LogP contribution in [0.25, 0.3) is 71.7 Å². The molecule has 8 aromatic rings. The fraction of sp³-hybridized carbons (Fsp3) is 0. The maximum absolute atomic E-state index is 10.8. The van der Waals surface area contributed by atoms with Gasteiger partial charge in [-0.25, -0.2) is 0 Å². The van der Waals surface area contributed by atoms with Gasteiger partial charge >= 0.3 is 0 Å². The maximum atomic E-state index is 10.8. The predicted octanol–water partition coefficient (Wildman–Crippen LogP) is 8.11. The van der Waals surface area contributed by atoms with E-state index in [1.54, 1.807) is 12.3 Å². The molecule has 5 aromatic carbocycles. The van der Waals surface area contributed by atoms with Gasteiger partial charge in [-0.3, -0.25) is 4.98 Å². The van der Waals surface area contributed by atoms with Gasteiger partial charge < -0.3 is 9.67 Å². The number of pyridine rings is 1. The van der Waals surface area contributed by atoms with Crippen molar-refractivity contribution in [1.82, 2.24) is 19.7 Å². The normalized spacial score (nSPS) is 11.3. The van der Waals surface area contributed by atoms with Crippen LogP contribution in [0.15, 0.2) is 121 Å². The number of aromatic nitrogens is 4. The Balaban J connectivity index is 0.00000276. The van der Waals surface area contributed by atoms with E-state index in [4.69, 9.17) is 4.98 Å². The Kier molecular flexibility index (Phi) is 6.10. The molecular weight excluding hydrogens is 687 g/mol. The van der Waals surface area contributed by atoms with Gasteiger partial charge in [0.15, 0.2) is 5.82 Å². The second kappa shape index (κ2) is 9.95. The molecule has 0 saturated heterocycles. The van der Waals surface area contributed by atoms with Crippen LogP contribution in [-0.4, -0.2) is 24.9 Å². The summed E-state index contributed by atoms with van der Waals surface area (Å²) in [7, 11) is 0. The van der Waals surface area contributed by atoms with Crippen molar-refractivity contribution in [2.45, 2.75) is 0 Å². The minimum atomic E-state index is 0. The quantitative estimate of drug-likeness (QED) is 0.189. The zero-order valence-electron chi connectivity index (χ0n) is 21.6. The molecule has 0 spiro atoms. The second-order valence-electron chi connectivity index (χ2n) is 9.87. The van der Waals surface area contributed by atoms with Crippen LogP contribution in [0.1, 0.15) is 0 Å². The van der Waals surface area contributed by atoms with Crippen molar-refractivity contribution in [2.24, 2.45) is 0 Å². The number of para-hydroxylation sites is 1. The van der Waals surface area contributed by atoms with E-state index < -0.39 is 0 Å². The first-order valence-electron chi connectivity index (χ1n) is 13.1. The van der Waals surface area contributed by atoms with Gasteiger partial charge in [0, 0.05) is 42.9 Å². The molecule has 0 aliphatic carbocycles. The SMILES string of the molecule is Oc1cc2ccccc2cc1-c1cccc(-c2[c-]c3c(cc2)c2ccccc2n3-c2nncc3ccccc23)n1.[Pt]. The first-order valence-corrected chi connectivity index (χ1v) is 13.1. The van der Waals surface area contributed by atoms with Gasteiger partial charge in [-0.05, 0) is 51.6 Å². The molecule has 3 aromatic heterocycles. The van der Waals surface area contributed by atoms with E-state index in [2.05, 4.69) is 57.2 Å². The van der Waals surface area contributed by atoms with E-state index in [-0.39, 0.29) is 26.8 Å². The minimum Gasteiger partial charge on any atom is -0.507 e. The number of fused-ring (bicyclic) bond motifs is 5. The Morgan fingerprint density at radius 3 is 2.20 bits per heavy atom. The average molecular weight is 709 g/mol. The topological polar surface area (TPSA) is 63.8 Å². The van der Waals surface area contributed by atoms with E-state index in [0.717, 1.165) is 60.4 Å². The molecule has 0 radical (unpaired) electrons. The molecule has 0 fully saturated rings. The van der Waals surface area contributed by atoms with Crippen LogP contribution >= 0.6 is 0 Å². The molecule has 41 heavy (non-hydrogen) atoms. The molecule has 0 atom stereocenters. The molecule has 8 rings (SSSR count). The summed E-state index contributed by atoms with van der Waals surface area (Å²) >= 11 is 0. The number of aromatic hydroxyl groups is 1. The van der Waals surface area contributed by atoms with Crippen molar-refractivity contribution < 1.29 is 26.2 Å². The largest absolute Gasteiger partial charge is 0.507 e. The standard InChI is InChI=1S/C35H21N4O.Pt/c40-34-20-23-9-2-1-8-22(23)18-29(34)31-14-7-13-30(37-31)24-16-17-28-27-12-5-6-15-32(27)39(33(28)19-24)35-26-11-4-3-10-25(26)21-36-38-35;/h1-18,20-21,40H;/q-1;. The summed E-state index contributed by atoms with van der Waals surface area (Å²) < 4.78 is 2.14. The zero-order valence-corrected chi connectivity index (χ0v) is 23.9. The van der Waals surface area contributed by atoms with Crippen molar-refractivity contribution in [3.8, 4) is 34.1 Å². The van der Waals surface area contributed by atoms with Crippen molar-refractivity contribution >= 4 is 43.4 Å². The maximum Gasteiger partial charge on any atom is 0.166 e. The fourth-order valence-corrected chi connectivity index (χ4v) is 5.61. The molecule has 3 heterocycles. The summed E-state index contributed by atoms with van der Waals surface area (Å²) in [5, 5.41) is 26.0. The summed E-state index contributed by atoms with van der Waals surface area (Å²) in [6.45, 7) is 0. The summed E-state index contributed by atoms with van der Waals surface area (Å²) in [5.74, 6) is 0.970. The fourth-order valence-electron chi connectivity index (χ4n) is 5.61. The van der Waals surface area contributed by atoms with Gasteiger partial charge in [-0.2, -0.15) is 5.10 Å². The second-order valence-corrected chi connectivity index (χ2v) is 9.87. The first-order chi connectivity index (χ1) is 19.7. The van der Waals surface area contributed by atoms with Crippen molar-refractivity contribution in [3.05, 3.63) is 128 Å². The van der Waals surface area contributed by atoms with E-state index in [1.165, 1.54) is 0 Å². The summed E-state index contributed by atoms with van der Waals surface area (Å²) in [4.78, 5) is 4.97. The van der Waals surface area contributed by atoms with Crippen LogP contribution in [0, 0.1) is 6.07 Å². The molecule has 0 bridgehead atoms. The molecule has 0 amide bonds. The number of hydrogen-bond acceptors (Lipinski definition) is 4. The van der Waals surface area contributed by atoms with Crippen LogP contribution in [0.4, 0.5) is 0 Å². The van der Waals surface area contributed by atoms with Gasteiger partial charge in [0.2, 0.25) is 0 Å². The van der Waals surface area contributed by atoms with Gasteiger partial charge in [0.05, 0.1) is 11.9 Å². The minimum absolute atomic E-state index is 0. The molecule has 1 N–H and O–H groups in total. The smallest absolute Gasteiger partial charge is 0.166 e.